The second-order valence-corrected chi connectivity index (χ2v) is 7.15. The van der Waals surface area contributed by atoms with Gasteiger partial charge in [-0.1, -0.05) is 24.3 Å². The van der Waals surface area contributed by atoms with Gasteiger partial charge >= 0.3 is 0 Å². The van der Waals surface area contributed by atoms with E-state index in [-0.39, 0.29) is 11.8 Å². The molecule has 0 aliphatic rings. The zero-order valence-corrected chi connectivity index (χ0v) is 16.6. The number of nitrogens with zero attached hydrogens (tertiary/aromatic N) is 5. The molecular formula is C22H22N6O. The van der Waals surface area contributed by atoms with Crippen molar-refractivity contribution < 1.29 is 4.79 Å². The molecule has 0 atom stereocenters. The smallest absolute Gasteiger partial charge is 0.166 e. The molecule has 1 aromatic carbocycles. The van der Waals surface area contributed by atoms with Crippen LogP contribution in [0.2, 0.25) is 0 Å². The quantitative estimate of drug-likeness (QED) is 0.498. The van der Waals surface area contributed by atoms with Crippen LogP contribution in [0.4, 0.5) is 5.82 Å². The van der Waals surface area contributed by atoms with E-state index in [9.17, 15) is 4.79 Å². The molecule has 7 heteroatoms. The minimum absolute atomic E-state index is 0.0256. The summed E-state index contributed by atoms with van der Waals surface area (Å²) in [7, 11) is 0. The van der Waals surface area contributed by atoms with Crippen molar-refractivity contribution in [3.63, 3.8) is 0 Å². The first-order valence-electron chi connectivity index (χ1n) is 9.51. The molecule has 1 N–H and O–H groups in total. The summed E-state index contributed by atoms with van der Waals surface area (Å²) in [6.07, 6.45) is 5.11. The summed E-state index contributed by atoms with van der Waals surface area (Å²) in [5.74, 6) is 1.46. The lowest BCUT2D eigenvalue weighted by molar-refractivity contribution is 0.101. The molecule has 0 fully saturated rings. The zero-order valence-electron chi connectivity index (χ0n) is 16.6. The molecule has 0 bridgehead atoms. The van der Waals surface area contributed by atoms with Crippen molar-refractivity contribution in [3.05, 3.63) is 66.2 Å². The van der Waals surface area contributed by atoms with Gasteiger partial charge in [0, 0.05) is 36.1 Å². The average Bonchev–Trinajstić information content (AvgIpc) is 3.13. The van der Waals surface area contributed by atoms with E-state index in [1.54, 1.807) is 19.4 Å². The van der Waals surface area contributed by atoms with E-state index in [2.05, 4.69) is 38.7 Å². The number of pyridine rings is 1. The molecule has 29 heavy (non-hydrogen) atoms. The van der Waals surface area contributed by atoms with Crippen LogP contribution in [-0.4, -0.2) is 30.3 Å². The maximum atomic E-state index is 11.8. The summed E-state index contributed by atoms with van der Waals surface area (Å²) < 4.78 is 2.07. The Hall–Kier alpha value is -3.61. The Morgan fingerprint density at radius 3 is 2.76 bits per heavy atom. The Labute approximate surface area is 168 Å². The van der Waals surface area contributed by atoms with Crippen LogP contribution in [0, 0.1) is 0 Å². The number of Topliss-reactive ketones (excluding diaryl/α,β-unsaturated/α-hetero) is 1. The minimum Gasteiger partial charge on any atom is -0.364 e. The van der Waals surface area contributed by atoms with Crippen LogP contribution in [0.15, 0.2) is 55.1 Å². The molecule has 0 radical (unpaired) electrons. The van der Waals surface area contributed by atoms with Gasteiger partial charge in [0.25, 0.3) is 0 Å². The number of carbonyl (C=O) groups excluding carboxylic acids is 1. The normalized spacial score (nSPS) is 11.2. The van der Waals surface area contributed by atoms with Crippen LogP contribution >= 0.6 is 0 Å². The summed E-state index contributed by atoms with van der Waals surface area (Å²) in [6.45, 7) is 6.33. The number of nitrogens with one attached hydrogen (secondary N) is 1. The van der Waals surface area contributed by atoms with Gasteiger partial charge in [0.15, 0.2) is 22.8 Å². The number of rotatable bonds is 6. The van der Waals surface area contributed by atoms with Crippen molar-refractivity contribution >= 4 is 22.8 Å². The van der Waals surface area contributed by atoms with Crippen molar-refractivity contribution in [2.75, 3.05) is 5.32 Å². The predicted octanol–water partition coefficient (Wildman–Crippen LogP) is 4.28. The second-order valence-electron chi connectivity index (χ2n) is 7.15. The fourth-order valence-corrected chi connectivity index (χ4v) is 3.30. The lowest BCUT2D eigenvalue weighted by Gasteiger charge is -2.13. The van der Waals surface area contributed by atoms with E-state index in [1.165, 1.54) is 0 Å². The second kappa shape index (κ2) is 7.79. The minimum atomic E-state index is 0.0256. The Morgan fingerprint density at radius 1 is 1.17 bits per heavy atom. The van der Waals surface area contributed by atoms with Gasteiger partial charge in [-0.05, 0) is 38.5 Å². The van der Waals surface area contributed by atoms with E-state index < -0.39 is 0 Å². The number of imidazole rings is 1. The third-order valence-corrected chi connectivity index (χ3v) is 4.70. The Balaban J connectivity index is 1.80. The summed E-state index contributed by atoms with van der Waals surface area (Å²) in [4.78, 5) is 29.7. The van der Waals surface area contributed by atoms with Gasteiger partial charge in [0.2, 0.25) is 0 Å². The molecule has 4 aromatic rings. The molecule has 4 rings (SSSR count). The van der Waals surface area contributed by atoms with Crippen LogP contribution in [0.1, 0.15) is 42.7 Å². The number of anilines is 1. The fourth-order valence-electron chi connectivity index (χ4n) is 3.30. The first-order valence-corrected chi connectivity index (χ1v) is 9.51. The zero-order chi connectivity index (χ0) is 20.4. The fraction of sp³-hybridized carbons (Fsp3) is 0.227. The predicted molar refractivity (Wildman–Crippen MR) is 113 cm³/mol. The molecule has 0 saturated carbocycles. The van der Waals surface area contributed by atoms with Gasteiger partial charge in [-0.3, -0.25) is 9.78 Å². The average molecular weight is 386 g/mol. The molecule has 0 saturated heterocycles. The Morgan fingerprint density at radius 2 is 2.03 bits per heavy atom. The molecule has 3 heterocycles. The van der Waals surface area contributed by atoms with Gasteiger partial charge in [-0.2, -0.15) is 0 Å². The Kier molecular flexibility index (Phi) is 5.03. The number of carbonyl (C=O) groups is 1. The molecular weight excluding hydrogens is 364 g/mol. The number of hydrogen-bond acceptors (Lipinski definition) is 6. The van der Waals surface area contributed by atoms with Crippen molar-refractivity contribution in [1.82, 2.24) is 24.5 Å². The summed E-state index contributed by atoms with van der Waals surface area (Å²) in [5, 5.41) is 3.34. The molecule has 0 aliphatic heterocycles. The highest BCUT2D eigenvalue weighted by molar-refractivity contribution is 5.95. The van der Waals surface area contributed by atoms with Gasteiger partial charge in [-0.25, -0.2) is 15.0 Å². The topological polar surface area (TPSA) is 85.6 Å². The first kappa shape index (κ1) is 18.7. The van der Waals surface area contributed by atoms with Gasteiger partial charge in [-0.15, -0.1) is 0 Å². The maximum absolute atomic E-state index is 11.8. The summed E-state index contributed by atoms with van der Waals surface area (Å²) in [6, 6.07) is 11.6. The maximum Gasteiger partial charge on any atom is 0.166 e. The van der Waals surface area contributed by atoms with E-state index in [4.69, 9.17) is 4.98 Å². The van der Waals surface area contributed by atoms with Gasteiger partial charge in [0.05, 0.1) is 0 Å². The van der Waals surface area contributed by atoms with E-state index in [0.717, 1.165) is 22.6 Å². The van der Waals surface area contributed by atoms with E-state index >= 15 is 0 Å². The highest BCUT2D eigenvalue weighted by atomic mass is 16.1. The van der Waals surface area contributed by atoms with Gasteiger partial charge in [0.1, 0.15) is 12.2 Å². The third-order valence-electron chi connectivity index (χ3n) is 4.70. The van der Waals surface area contributed by atoms with E-state index in [0.29, 0.717) is 23.4 Å². The van der Waals surface area contributed by atoms with Crippen LogP contribution in [0.5, 0.6) is 0 Å². The molecule has 0 unspecified atom stereocenters. The molecule has 0 spiro atoms. The molecule has 146 valence electrons. The Bertz CT molecular complexity index is 1170. The van der Waals surface area contributed by atoms with Crippen molar-refractivity contribution in [2.24, 2.45) is 0 Å². The van der Waals surface area contributed by atoms with Crippen LogP contribution in [0.3, 0.4) is 0 Å². The van der Waals surface area contributed by atoms with E-state index in [1.807, 2.05) is 42.6 Å². The van der Waals surface area contributed by atoms with Crippen LogP contribution in [-0.2, 0) is 6.54 Å². The lowest BCUT2D eigenvalue weighted by atomic mass is 10.1. The number of aromatic nitrogens is 5. The highest BCUT2D eigenvalue weighted by Crippen LogP contribution is 2.30. The number of hydrogen-bond donors (Lipinski definition) is 1. The number of ketones is 1. The lowest BCUT2D eigenvalue weighted by Crippen LogP contribution is -2.06. The summed E-state index contributed by atoms with van der Waals surface area (Å²) >= 11 is 0. The monoisotopic (exact) mass is 386 g/mol. The molecule has 3 aromatic heterocycles. The first-order chi connectivity index (χ1) is 14.0. The third kappa shape index (κ3) is 3.71. The van der Waals surface area contributed by atoms with Crippen molar-refractivity contribution in [2.45, 2.75) is 33.4 Å². The van der Waals surface area contributed by atoms with Crippen molar-refractivity contribution in [3.8, 4) is 11.4 Å². The molecule has 0 amide bonds. The molecule has 7 nitrogen and oxygen atoms in total. The SMILES string of the molecule is CC(=O)c1cccc(-c2nc3c(NCc4cccnc4)ncnc3n2C(C)C)c1. The number of fused-ring (bicyclic) bond motifs is 1. The molecule has 0 aliphatic carbocycles. The number of benzene rings is 1. The largest absolute Gasteiger partial charge is 0.364 e. The standard InChI is InChI=1S/C22H22N6O/c1-14(2)28-21(18-8-4-7-17(10-18)15(3)29)27-19-20(25-13-26-22(19)28)24-12-16-6-5-9-23-11-16/h4-11,13-14H,12H2,1-3H3,(H,24,25,26). The van der Waals surface area contributed by atoms with Crippen molar-refractivity contribution in [1.29, 1.82) is 0 Å². The van der Waals surface area contributed by atoms with Crippen LogP contribution in [0.25, 0.3) is 22.6 Å². The highest BCUT2D eigenvalue weighted by Gasteiger charge is 2.19. The van der Waals surface area contributed by atoms with Gasteiger partial charge < -0.3 is 9.88 Å². The van der Waals surface area contributed by atoms with Crippen LogP contribution < -0.4 is 5.32 Å². The summed E-state index contributed by atoms with van der Waals surface area (Å²) in [5.41, 5.74) is 4.05.